The molecule has 0 unspecified atom stereocenters. The Kier molecular flexibility index (Phi) is 5.93. The first-order valence-electron chi connectivity index (χ1n) is 7.80. The van der Waals surface area contributed by atoms with Crippen LogP contribution in [0.15, 0.2) is 34.9 Å². The van der Waals surface area contributed by atoms with E-state index in [4.69, 9.17) is 9.68 Å². The summed E-state index contributed by atoms with van der Waals surface area (Å²) in [6.07, 6.45) is 1.97. The van der Waals surface area contributed by atoms with Crippen LogP contribution in [-0.4, -0.2) is 25.7 Å². The lowest BCUT2D eigenvalue weighted by Gasteiger charge is -2.22. The standard InChI is InChI=1S/C17H20FN3O3S/c1-17(2,12-20-25(22,23)10-4-3-9-19)15-11-24-16(21-15)13-5-7-14(18)8-6-13/h5-8,11,20H,3-4,10,12H2,1-2H3. The highest BCUT2D eigenvalue weighted by Gasteiger charge is 2.27. The van der Waals surface area contributed by atoms with E-state index in [2.05, 4.69) is 9.71 Å². The number of hydrogen-bond donors (Lipinski definition) is 1. The molecule has 0 aliphatic rings. The number of oxazole rings is 1. The summed E-state index contributed by atoms with van der Waals surface area (Å²) in [5, 5.41) is 8.48. The number of nitriles is 1. The SMILES string of the molecule is CC(C)(CNS(=O)(=O)CCCC#N)c1coc(-c2ccc(F)cc2)n1. The number of sulfonamides is 1. The van der Waals surface area contributed by atoms with Gasteiger partial charge in [0, 0.05) is 23.9 Å². The van der Waals surface area contributed by atoms with E-state index in [0.29, 0.717) is 23.6 Å². The number of benzene rings is 1. The second-order valence-electron chi connectivity index (χ2n) is 6.33. The molecular weight excluding hydrogens is 345 g/mol. The summed E-state index contributed by atoms with van der Waals surface area (Å²) < 4.78 is 44.9. The van der Waals surface area contributed by atoms with E-state index in [0.717, 1.165) is 0 Å². The first-order chi connectivity index (χ1) is 11.7. The number of aromatic nitrogens is 1. The molecule has 1 N–H and O–H groups in total. The molecule has 0 bridgehead atoms. The first-order valence-corrected chi connectivity index (χ1v) is 9.45. The maximum atomic E-state index is 13.0. The van der Waals surface area contributed by atoms with E-state index in [-0.39, 0.29) is 24.5 Å². The second-order valence-corrected chi connectivity index (χ2v) is 8.26. The van der Waals surface area contributed by atoms with Crippen LogP contribution in [0.25, 0.3) is 11.5 Å². The summed E-state index contributed by atoms with van der Waals surface area (Å²) in [5.74, 6) is -0.0855. The van der Waals surface area contributed by atoms with Crippen LogP contribution in [0.1, 0.15) is 32.4 Å². The summed E-state index contributed by atoms with van der Waals surface area (Å²) in [4.78, 5) is 4.39. The fourth-order valence-electron chi connectivity index (χ4n) is 2.10. The van der Waals surface area contributed by atoms with Crippen LogP contribution < -0.4 is 4.72 Å². The Morgan fingerprint density at radius 1 is 1.32 bits per heavy atom. The third-order valence-electron chi connectivity index (χ3n) is 3.72. The van der Waals surface area contributed by atoms with E-state index in [1.807, 2.05) is 19.9 Å². The van der Waals surface area contributed by atoms with Crippen molar-refractivity contribution >= 4 is 10.0 Å². The van der Waals surface area contributed by atoms with Gasteiger partial charge < -0.3 is 4.42 Å². The molecule has 0 aliphatic carbocycles. The highest BCUT2D eigenvalue weighted by molar-refractivity contribution is 7.89. The molecule has 0 saturated heterocycles. The maximum Gasteiger partial charge on any atom is 0.226 e. The van der Waals surface area contributed by atoms with Crippen LogP contribution in [0.4, 0.5) is 4.39 Å². The van der Waals surface area contributed by atoms with Crippen molar-refractivity contribution in [3.05, 3.63) is 42.0 Å². The molecule has 0 fully saturated rings. The van der Waals surface area contributed by atoms with Gasteiger partial charge in [0.1, 0.15) is 12.1 Å². The van der Waals surface area contributed by atoms with Crippen molar-refractivity contribution in [2.24, 2.45) is 0 Å². The lowest BCUT2D eigenvalue weighted by atomic mass is 9.90. The monoisotopic (exact) mass is 365 g/mol. The number of unbranched alkanes of at least 4 members (excludes halogenated alkanes) is 1. The van der Waals surface area contributed by atoms with Gasteiger partial charge in [-0.1, -0.05) is 13.8 Å². The molecule has 2 rings (SSSR count). The van der Waals surface area contributed by atoms with Crippen molar-refractivity contribution in [3.63, 3.8) is 0 Å². The van der Waals surface area contributed by atoms with E-state index in [1.165, 1.54) is 18.4 Å². The molecule has 1 aromatic heterocycles. The van der Waals surface area contributed by atoms with Crippen LogP contribution in [-0.2, 0) is 15.4 Å². The van der Waals surface area contributed by atoms with Crippen LogP contribution >= 0.6 is 0 Å². The number of rotatable bonds is 8. The van der Waals surface area contributed by atoms with Gasteiger partial charge in [0.25, 0.3) is 0 Å². The first kappa shape index (κ1) is 19.1. The van der Waals surface area contributed by atoms with E-state index in [9.17, 15) is 12.8 Å². The second kappa shape index (κ2) is 7.76. The lowest BCUT2D eigenvalue weighted by Crippen LogP contribution is -2.38. The quantitative estimate of drug-likeness (QED) is 0.726. The van der Waals surface area contributed by atoms with Crippen LogP contribution in [0.3, 0.4) is 0 Å². The Morgan fingerprint density at radius 3 is 2.64 bits per heavy atom. The Labute approximate surface area is 146 Å². The van der Waals surface area contributed by atoms with Crippen molar-refractivity contribution in [2.75, 3.05) is 12.3 Å². The smallest absolute Gasteiger partial charge is 0.226 e. The zero-order valence-electron chi connectivity index (χ0n) is 14.1. The van der Waals surface area contributed by atoms with E-state index >= 15 is 0 Å². The normalized spacial score (nSPS) is 12.1. The lowest BCUT2D eigenvalue weighted by molar-refractivity contribution is 0.484. The minimum atomic E-state index is -3.45. The Hall–Kier alpha value is -2.24. The number of halogens is 1. The summed E-state index contributed by atoms with van der Waals surface area (Å²) in [7, 11) is -3.45. The van der Waals surface area contributed by atoms with Gasteiger partial charge in [-0.05, 0) is 30.7 Å². The fraction of sp³-hybridized carbons (Fsp3) is 0.412. The van der Waals surface area contributed by atoms with Gasteiger partial charge in [0.15, 0.2) is 0 Å². The fourth-order valence-corrected chi connectivity index (χ4v) is 3.35. The van der Waals surface area contributed by atoms with Crippen LogP contribution in [0.5, 0.6) is 0 Å². The van der Waals surface area contributed by atoms with Gasteiger partial charge in [0.2, 0.25) is 15.9 Å². The Balaban J connectivity index is 2.05. The Bertz CT molecular complexity index is 852. The maximum absolute atomic E-state index is 13.0. The predicted octanol–water partition coefficient (Wildman–Crippen LogP) is 2.98. The molecule has 134 valence electrons. The van der Waals surface area contributed by atoms with E-state index < -0.39 is 15.4 Å². The third-order valence-corrected chi connectivity index (χ3v) is 5.13. The van der Waals surface area contributed by atoms with Crippen molar-refractivity contribution in [1.82, 2.24) is 9.71 Å². The Morgan fingerprint density at radius 2 is 2.00 bits per heavy atom. The number of nitrogens with zero attached hydrogens (tertiary/aromatic N) is 2. The molecular formula is C17H20FN3O3S. The molecule has 0 spiro atoms. The zero-order chi connectivity index (χ0) is 18.5. The van der Waals surface area contributed by atoms with Gasteiger partial charge in [0.05, 0.1) is 17.5 Å². The predicted molar refractivity (Wildman–Crippen MR) is 91.6 cm³/mol. The van der Waals surface area contributed by atoms with Crippen molar-refractivity contribution in [2.45, 2.75) is 32.1 Å². The van der Waals surface area contributed by atoms with Crippen LogP contribution in [0.2, 0.25) is 0 Å². The third kappa shape index (κ3) is 5.37. The molecule has 8 heteroatoms. The highest BCUT2D eigenvalue weighted by Crippen LogP contribution is 2.26. The van der Waals surface area contributed by atoms with Crippen LogP contribution in [0, 0.1) is 17.1 Å². The minimum Gasteiger partial charge on any atom is -0.444 e. The molecule has 2 aromatic rings. The summed E-state index contributed by atoms with van der Waals surface area (Å²) in [6.45, 7) is 3.84. The summed E-state index contributed by atoms with van der Waals surface area (Å²) in [6, 6.07) is 7.69. The molecule has 0 aliphatic heterocycles. The van der Waals surface area contributed by atoms with Gasteiger partial charge in [-0.3, -0.25) is 0 Å². The summed E-state index contributed by atoms with van der Waals surface area (Å²) in [5.41, 5.74) is 0.636. The molecule has 0 saturated carbocycles. The molecule has 1 aromatic carbocycles. The minimum absolute atomic E-state index is 0.0870. The molecule has 1 heterocycles. The van der Waals surface area contributed by atoms with Gasteiger partial charge in [-0.15, -0.1) is 0 Å². The van der Waals surface area contributed by atoms with E-state index in [1.54, 1.807) is 12.1 Å². The average molecular weight is 365 g/mol. The molecule has 0 atom stereocenters. The molecule has 25 heavy (non-hydrogen) atoms. The average Bonchev–Trinajstić information content (AvgIpc) is 3.05. The molecule has 6 nitrogen and oxygen atoms in total. The largest absolute Gasteiger partial charge is 0.444 e. The van der Waals surface area contributed by atoms with Gasteiger partial charge in [-0.2, -0.15) is 5.26 Å². The highest BCUT2D eigenvalue weighted by atomic mass is 32.2. The van der Waals surface area contributed by atoms with Gasteiger partial charge >= 0.3 is 0 Å². The summed E-state index contributed by atoms with van der Waals surface area (Å²) >= 11 is 0. The van der Waals surface area contributed by atoms with Gasteiger partial charge in [-0.25, -0.2) is 22.5 Å². The van der Waals surface area contributed by atoms with Crippen molar-refractivity contribution < 1.29 is 17.2 Å². The molecule has 0 radical (unpaired) electrons. The topological polar surface area (TPSA) is 96.0 Å². The van der Waals surface area contributed by atoms with Crippen molar-refractivity contribution in [1.29, 1.82) is 5.26 Å². The zero-order valence-corrected chi connectivity index (χ0v) is 14.9. The number of nitrogens with one attached hydrogen (secondary N) is 1. The number of hydrogen-bond acceptors (Lipinski definition) is 5. The molecule has 0 amide bonds. The van der Waals surface area contributed by atoms with Crippen molar-refractivity contribution in [3.8, 4) is 17.5 Å².